The number of rotatable bonds is 5. The summed E-state index contributed by atoms with van der Waals surface area (Å²) < 4.78 is 5.87. The Morgan fingerprint density at radius 2 is 1.79 bits per heavy atom. The van der Waals surface area contributed by atoms with Crippen LogP contribution in [-0.2, 0) is 0 Å². The second-order valence-corrected chi connectivity index (χ2v) is 7.26. The molecule has 0 amide bonds. The summed E-state index contributed by atoms with van der Waals surface area (Å²) in [5.74, 6) is 1.73. The highest BCUT2D eigenvalue weighted by Gasteiger charge is 2.21. The Morgan fingerprint density at radius 3 is 2.45 bits per heavy atom. The number of nitrogens with zero attached hydrogens (tertiary/aromatic N) is 1. The fraction of sp³-hybridized carbons (Fsp3) is 0.217. The third-order valence-electron chi connectivity index (χ3n) is 5.16. The van der Waals surface area contributed by atoms with Crippen LogP contribution in [0.3, 0.4) is 0 Å². The van der Waals surface area contributed by atoms with Crippen molar-refractivity contribution in [2.24, 2.45) is 5.73 Å². The van der Waals surface area contributed by atoms with Gasteiger partial charge in [-0.25, -0.2) is 0 Å². The SMILES string of the molecule is N=C(N)c1c(N)cc(C2CCCNC2)nc1-c1ccc(Oc2ccccc2)cc1. The molecule has 1 fully saturated rings. The van der Waals surface area contributed by atoms with E-state index in [1.807, 2.05) is 60.7 Å². The van der Waals surface area contributed by atoms with Crippen LogP contribution >= 0.6 is 0 Å². The maximum atomic E-state index is 7.99. The number of amidine groups is 1. The van der Waals surface area contributed by atoms with Crippen molar-refractivity contribution in [3.05, 3.63) is 71.9 Å². The summed E-state index contributed by atoms with van der Waals surface area (Å²) in [7, 11) is 0. The zero-order valence-corrected chi connectivity index (χ0v) is 16.2. The summed E-state index contributed by atoms with van der Waals surface area (Å²) in [5, 5.41) is 11.4. The van der Waals surface area contributed by atoms with Crippen LogP contribution < -0.4 is 21.5 Å². The number of para-hydroxylation sites is 1. The lowest BCUT2D eigenvalue weighted by Crippen LogP contribution is -2.29. The average Bonchev–Trinajstić information content (AvgIpc) is 2.75. The Labute approximate surface area is 170 Å². The second kappa shape index (κ2) is 8.32. The summed E-state index contributed by atoms with van der Waals surface area (Å²) in [6.07, 6.45) is 2.18. The summed E-state index contributed by atoms with van der Waals surface area (Å²) in [6.45, 7) is 1.92. The smallest absolute Gasteiger partial charge is 0.127 e. The van der Waals surface area contributed by atoms with Crippen molar-refractivity contribution in [2.45, 2.75) is 18.8 Å². The summed E-state index contributed by atoms with van der Waals surface area (Å²) in [6, 6.07) is 19.1. The topological polar surface area (TPSA) is 110 Å². The van der Waals surface area contributed by atoms with E-state index < -0.39 is 0 Å². The number of piperidine rings is 1. The monoisotopic (exact) mass is 387 g/mol. The van der Waals surface area contributed by atoms with Crippen LogP contribution in [0.15, 0.2) is 60.7 Å². The number of pyridine rings is 1. The highest BCUT2D eigenvalue weighted by Crippen LogP contribution is 2.32. The predicted octanol–water partition coefficient (Wildman–Crippen LogP) is 3.87. The van der Waals surface area contributed by atoms with Crippen LogP contribution in [0.25, 0.3) is 11.3 Å². The zero-order chi connectivity index (χ0) is 20.2. The van der Waals surface area contributed by atoms with E-state index >= 15 is 0 Å². The molecule has 1 saturated heterocycles. The molecule has 6 N–H and O–H groups in total. The first-order chi connectivity index (χ1) is 14.1. The number of anilines is 1. The van der Waals surface area contributed by atoms with Gasteiger partial charge in [0.2, 0.25) is 0 Å². The Balaban J connectivity index is 1.68. The molecule has 3 aromatic rings. The van der Waals surface area contributed by atoms with Gasteiger partial charge in [-0.05, 0) is 61.9 Å². The number of nitrogen functional groups attached to an aromatic ring is 2. The molecular weight excluding hydrogens is 362 g/mol. The van der Waals surface area contributed by atoms with Gasteiger partial charge in [0.05, 0.1) is 11.3 Å². The maximum Gasteiger partial charge on any atom is 0.127 e. The molecule has 4 rings (SSSR count). The van der Waals surface area contributed by atoms with Gasteiger partial charge in [-0.15, -0.1) is 0 Å². The molecule has 1 aromatic heterocycles. The van der Waals surface area contributed by atoms with E-state index in [0.717, 1.165) is 48.7 Å². The van der Waals surface area contributed by atoms with E-state index in [1.165, 1.54) is 0 Å². The summed E-state index contributed by atoms with van der Waals surface area (Å²) >= 11 is 0. The highest BCUT2D eigenvalue weighted by molar-refractivity contribution is 6.05. The molecule has 0 bridgehead atoms. The fourth-order valence-electron chi connectivity index (χ4n) is 3.70. The number of nitrogens with one attached hydrogen (secondary N) is 2. The van der Waals surface area contributed by atoms with Gasteiger partial charge in [-0.2, -0.15) is 0 Å². The van der Waals surface area contributed by atoms with Crippen molar-refractivity contribution in [2.75, 3.05) is 18.8 Å². The second-order valence-electron chi connectivity index (χ2n) is 7.26. The Kier molecular flexibility index (Phi) is 5.44. The summed E-state index contributed by atoms with van der Waals surface area (Å²) in [4.78, 5) is 4.88. The standard InChI is InChI=1S/C23H25N5O/c24-19-13-20(16-5-4-12-27-14-16)28-22(21(19)23(25)26)15-8-10-18(11-9-15)29-17-6-2-1-3-7-17/h1-3,6-11,13,16,27H,4-5,12,14H2,(H2,24,28)(H3,25,26). The van der Waals surface area contributed by atoms with Crippen LogP contribution in [0.5, 0.6) is 11.5 Å². The van der Waals surface area contributed by atoms with Crippen LogP contribution in [0.4, 0.5) is 5.69 Å². The van der Waals surface area contributed by atoms with Gasteiger partial charge in [0.15, 0.2) is 0 Å². The van der Waals surface area contributed by atoms with Gasteiger partial charge in [-0.1, -0.05) is 18.2 Å². The van der Waals surface area contributed by atoms with Crippen molar-refractivity contribution >= 4 is 11.5 Å². The van der Waals surface area contributed by atoms with Crippen molar-refractivity contribution in [1.82, 2.24) is 10.3 Å². The lowest BCUT2D eigenvalue weighted by atomic mass is 9.93. The van der Waals surface area contributed by atoms with Crippen LogP contribution in [0.1, 0.15) is 30.0 Å². The van der Waals surface area contributed by atoms with Gasteiger partial charge in [0.1, 0.15) is 17.3 Å². The molecule has 2 heterocycles. The molecule has 148 valence electrons. The van der Waals surface area contributed by atoms with Gasteiger partial charge < -0.3 is 21.5 Å². The first-order valence-electron chi connectivity index (χ1n) is 9.80. The number of nitrogens with two attached hydrogens (primary N) is 2. The van der Waals surface area contributed by atoms with Gasteiger partial charge in [-0.3, -0.25) is 10.4 Å². The summed E-state index contributed by atoms with van der Waals surface area (Å²) in [5.41, 5.74) is 15.5. The lowest BCUT2D eigenvalue weighted by molar-refractivity contribution is 0.455. The van der Waals surface area contributed by atoms with Crippen molar-refractivity contribution in [3.8, 4) is 22.8 Å². The van der Waals surface area contributed by atoms with Crippen molar-refractivity contribution < 1.29 is 4.74 Å². The Hall–Kier alpha value is -3.38. The number of benzene rings is 2. The van der Waals surface area contributed by atoms with Crippen LogP contribution in [0, 0.1) is 5.41 Å². The molecule has 29 heavy (non-hydrogen) atoms. The molecule has 2 aromatic carbocycles. The first kappa shape index (κ1) is 19.0. The minimum absolute atomic E-state index is 0.0806. The van der Waals surface area contributed by atoms with E-state index in [2.05, 4.69) is 5.32 Å². The molecule has 0 radical (unpaired) electrons. The van der Waals surface area contributed by atoms with E-state index in [9.17, 15) is 0 Å². The minimum Gasteiger partial charge on any atom is -0.457 e. The lowest BCUT2D eigenvalue weighted by Gasteiger charge is -2.24. The predicted molar refractivity (Wildman–Crippen MR) is 116 cm³/mol. The zero-order valence-electron chi connectivity index (χ0n) is 16.2. The van der Waals surface area contributed by atoms with Gasteiger partial charge in [0.25, 0.3) is 0 Å². The molecule has 0 saturated carbocycles. The van der Waals surface area contributed by atoms with Crippen molar-refractivity contribution in [1.29, 1.82) is 5.41 Å². The molecule has 1 aliphatic rings. The third kappa shape index (κ3) is 4.22. The number of ether oxygens (including phenoxy) is 1. The molecular formula is C23H25N5O. The van der Waals surface area contributed by atoms with E-state index in [1.54, 1.807) is 0 Å². The van der Waals surface area contributed by atoms with E-state index in [4.69, 9.17) is 26.6 Å². The number of aromatic nitrogens is 1. The number of hydrogen-bond acceptors (Lipinski definition) is 5. The third-order valence-corrected chi connectivity index (χ3v) is 5.16. The largest absolute Gasteiger partial charge is 0.457 e. The molecule has 0 spiro atoms. The fourth-order valence-corrected chi connectivity index (χ4v) is 3.70. The quantitative estimate of drug-likeness (QED) is 0.392. The van der Waals surface area contributed by atoms with Gasteiger partial charge >= 0.3 is 0 Å². The Bertz CT molecular complexity index is 996. The molecule has 6 heteroatoms. The minimum atomic E-state index is -0.0806. The van der Waals surface area contributed by atoms with Crippen LogP contribution in [0.2, 0.25) is 0 Å². The molecule has 1 aliphatic heterocycles. The maximum absolute atomic E-state index is 7.99. The highest BCUT2D eigenvalue weighted by atomic mass is 16.5. The average molecular weight is 387 g/mol. The molecule has 6 nitrogen and oxygen atoms in total. The molecule has 0 aliphatic carbocycles. The molecule has 1 unspecified atom stereocenters. The van der Waals surface area contributed by atoms with E-state index in [0.29, 0.717) is 22.9 Å². The first-order valence-corrected chi connectivity index (χ1v) is 9.80. The number of hydrogen-bond donors (Lipinski definition) is 4. The van der Waals surface area contributed by atoms with Crippen LogP contribution in [-0.4, -0.2) is 23.9 Å². The Morgan fingerprint density at radius 1 is 1.07 bits per heavy atom. The van der Waals surface area contributed by atoms with Gasteiger partial charge in [0, 0.05) is 29.4 Å². The van der Waals surface area contributed by atoms with Crippen molar-refractivity contribution in [3.63, 3.8) is 0 Å². The van der Waals surface area contributed by atoms with E-state index in [-0.39, 0.29) is 5.84 Å². The normalized spacial score (nSPS) is 16.3. The molecule has 1 atom stereocenters.